The van der Waals surface area contributed by atoms with E-state index in [1.807, 2.05) is 11.0 Å². The number of hydrogen-bond donors (Lipinski definition) is 1. The van der Waals surface area contributed by atoms with Crippen molar-refractivity contribution in [3.05, 3.63) is 71.8 Å². The second-order valence-corrected chi connectivity index (χ2v) is 6.94. The van der Waals surface area contributed by atoms with Gasteiger partial charge in [0.05, 0.1) is 0 Å². The van der Waals surface area contributed by atoms with Crippen molar-refractivity contribution >= 4 is 6.03 Å². The van der Waals surface area contributed by atoms with Gasteiger partial charge in [-0.1, -0.05) is 60.7 Å². The van der Waals surface area contributed by atoms with E-state index in [9.17, 15) is 4.79 Å². The number of hydrogen-bond acceptors (Lipinski definition) is 1. The van der Waals surface area contributed by atoms with Gasteiger partial charge in [-0.05, 0) is 49.1 Å². The van der Waals surface area contributed by atoms with Crippen LogP contribution in [0.25, 0.3) is 0 Å². The van der Waals surface area contributed by atoms with E-state index in [4.69, 9.17) is 0 Å². The van der Waals surface area contributed by atoms with Crippen molar-refractivity contribution in [3.8, 4) is 0 Å². The number of nitrogens with zero attached hydrogens (tertiary/aromatic N) is 1. The van der Waals surface area contributed by atoms with Crippen molar-refractivity contribution in [2.45, 2.75) is 32.1 Å². The fraction of sp³-hybridized carbons (Fsp3) is 0.409. The summed E-state index contributed by atoms with van der Waals surface area (Å²) in [6.45, 7) is 2.50. The van der Waals surface area contributed by atoms with Gasteiger partial charge in [-0.25, -0.2) is 4.79 Å². The molecule has 0 bridgehead atoms. The molecule has 1 N–H and O–H groups in total. The molecule has 2 amide bonds. The highest BCUT2D eigenvalue weighted by Gasteiger charge is 2.22. The molecule has 0 aliphatic carbocycles. The van der Waals surface area contributed by atoms with Crippen molar-refractivity contribution in [2.24, 2.45) is 5.92 Å². The largest absolute Gasteiger partial charge is 0.338 e. The number of nitrogens with one attached hydrogen (secondary N) is 1. The molecule has 3 nitrogen and oxygen atoms in total. The van der Waals surface area contributed by atoms with Gasteiger partial charge in [0.15, 0.2) is 0 Å². The second-order valence-electron chi connectivity index (χ2n) is 6.94. The molecule has 1 saturated heterocycles. The van der Waals surface area contributed by atoms with Crippen LogP contribution in [0, 0.1) is 5.92 Å². The maximum Gasteiger partial charge on any atom is 0.317 e. The second kappa shape index (κ2) is 9.26. The van der Waals surface area contributed by atoms with E-state index in [1.165, 1.54) is 11.1 Å². The number of rotatable bonds is 6. The normalized spacial score (nSPS) is 15.1. The third kappa shape index (κ3) is 5.63. The van der Waals surface area contributed by atoms with E-state index < -0.39 is 0 Å². The van der Waals surface area contributed by atoms with Crippen LogP contribution in [0.2, 0.25) is 0 Å². The van der Waals surface area contributed by atoms with Crippen LogP contribution >= 0.6 is 0 Å². The number of amides is 2. The highest BCUT2D eigenvalue weighted by atomic mass is 16.2. The maximum atomic E-state index is 12.3. The summed E-state index contributed by atoms with van der Waals surface area (Å²) in [5, 5.41) is 3.07. The van der Waals surface area contributed by atoms with Crippen LogP contribution in [0.15, 0.2) is 60.7 Å². The number of urea groups is 1. The van der Waals surface area contributed by atoms with Gasteiger partial charge in [-0.15, -0.1) is 0 Å². The van der Waals surface area contributed by atoms with Crippen molar-refractivity contribution in [1.29, 1.82) is 0 Å². The minimum Gasteiger partial charge on any atom is -0.338 e. The summed E-state index contributed by atoms with van der Waals surface area (Å²) in [5.41, 5.74) is 2.74. The zero-order chi connectivity index (χ0) is 17.3. The molecule has 0 unspecified atom stereocenters. The molecule has 132 valence electrons. The molecule has 0 spiro atoms. The van der Waals surface area contributed by atoms with Gasteiger partial charge in [-0.2, -0.15) is 0 Å². The van der Waals surface area contributed by atoms with Gasteiger partial charge in [0.2, 0.25) is 0 Å². The first-order valence-corrected chi connectivity index (χ1v) is 9.42. The molecular formula is C22H28N2O. The predicted octanol–water partition coefficient (Wildman–Crippen LogP) is 4.28. The van der Waals surface area contributed by atoms with E-state index in [2.05, 4.69) is 59.9 Å². The van der Waals surface area contributed by atoms with E-state index in [1.54, 1.807) is 0 Å². The Labute approximate surface area is 151 Å². The molecule has 0 aromatic heterocycles. The standard InChI is InChI=1S/C22H28N2O/c25-22(23-15-7-12-19-8-3-1-4-9-19)24-16-13-21(14-17-24)18-20-10-5-2-6-11-20/h1-6,8-11,21H,7,12-18H2,(H,23,25). The minimum absolute atomic E-state index is 0.103. The number of piperidine rings is 1. The third-order valence-corrected chi connectivity index (χ3v) is 5.03. The molecule has 0 saturated carbocycles. The predicted molar refractivity (Wildman–Crippen MR) is 103 cm³/mol. The van der Waals surface area contributed by atoms with Crippen molar-refractivity contribution < 1.29 is 4.79 Å². The molecule has 0 radical (unpaired) electrons. The lowest BCUT2D eigenvalue weighted by Crippen LogP contribution is -2.45. The quantitative estimate of drug-likeness (QED) is 0.785. The number of carbonyl (C=O) groups is 1. The molecule has 2 aromatic rings. The fourth-order valence-corrected chi connectivity index (χ4v) is 3.53. The zero-order valence-electron chi connectivity index (χ0n) is 14.9. The van der Waals surface area contributed by atoms with Crippen molar-refractivity contribution in [1.82, 2.24) is 10.2 Å². The third-order valence-electron chi connectivity index (χ3n) is 5.03. The molecule has 25 heavy (non-hydrogen) atoms. The average molecular weight is 336 g/mol. The Kier molecular flexibility index (Phi) is 6.49. The van der Waals surface area contributed by atoms with Crippen LogP contribution < -0.4 is 5.32 Å². The molecule has 1 aliphatic heterocycles. The highest BCUT2D eigenvalue weighted by molar-refractivity contribution is 5.74. The summed E-state index contributed by atoms with van der Waals surface area (Å²) in [6.07, 6.45) is 5.34. The van der Waals surface area contributed by atoms with Gasteiger partial charge in [0.25, 0.3) is 0 Å². The lowest BCUT2D eigenvalue weighted by atomic mass is 9.90. The first-order valence-electron chi connectivity index (χ1n) is 9.42. The summed E-state index contributed by atoms with van der Waals surface area (Å²) >= 11 is 0. The lowest BCUT2D eigenvalue weighted by Gasteiger charge is -2.32. The van der Waals surface area contributed by atoms with Gasteiger partial charge < -0.3 is 10.2 Å². The van der Waals surface area contributed by atoms with Gasteiger partial charge in [0.1, 0.15) is 0 Å². The first-order chi connectivity index (χ1) is 12.3. The SMILES string of the molecule is O=C(NCCCc1ccccc1)N1CCC(Cc2ccccc2)CC1. The number of aryl methyl sites for hydroxylation is 1. The van der Waals surface area contributed by atoms with Gasteiger partial charge in [-0.3, -0.25) is 0 Å². The molecule has 0 atom stereocenters. The Morgan fingerprint density at radius 1 is 0.920 bits per heavy atom. The Morgan fingerprint density at radius 2 is 1.52 bits per heavy atom. The zero-order valence-corrected chi connectivity index (χ0v) is 14.9. The van der Waals surface area contributed by atoms with Crippen molar-refractivity contribution in [3.63, 3.8) is 0 Å². The molecular weight excluding hydrogens is 308 g/mol. The Bertz CT molecular complexity index is 634. The summed E-state index contributed by atoms with van der Waals surface area (Å²) in [4.78, 5) is 14.3. The maximum absolute atomic E-state index is 12.3. The smallest absolute Gasteiger partial charge is 0.317 e. The highest BCUT2D eigenvalue weighted by Crippen LogP contribution is 2.21. The van der Waals surface area contributed by atoms with Crippen LogP contribution in [0.4, 0.5) is 4.79 Å². The molecule has 1 heterocycles. The van der Waals surface area contributed by atoms with Crippen LogP contribution in [0.1, 0.15) is 30.4 Å². The fourth-order valence-electron chi connectivity index (χ4n) is 3.53. The Hall–Kier alpha value is -2.29. The topological polar surface area (TPSA) is 32.3 Å². The summed E-state index contributed by atoms with van der Waals surface area (Å²) in [6, 6.07) is 21.2. The molecule has 2 aromatic carbocycles. The molecule has 1 aliphatic rings. The van der Waals surface area contributed by atoms with Crippen LogP contribution in [-0.4, -0.2) is 30.6 Å². The first kappa shape index (κ1) is 17.5. The summed E-state index contributed by atoms with van der Waals surface area (Å²) < 4.78 is 0. The van der Waals surface area contributed by atoms with E-state index in [-0.39, 0.29) is 6.03 Å². The Morgan fingerprint density at radius 3 is 2.16 bits per heavy atom. The molecule has 3 heteroatoms. The monoisotopic (exact) mass is 336 g/mol. The van der Waals surface area contributed by atoms with Crippen molar-refractivity contribution in [2.75, 3.05) is 19.6 Å². The summed E-state index contributed by atoms with van der Waals surface area (Å²) in [7, 11) is 0. The number of benzene rings is 2. The number of carbonyl (C=O) groups excluding carboxylic acids is 1. The van der Waals surface area contributed by atoms with Crippen LogP contribution in [0.5, 0.6) is 0 Å². The molecule has 1 fully saturated rings. The average Bonchev–Trinajstić information content (AvgIpc) is 2.67. The van der Waals surface area contributed by atoms with E-state index >= 15 is 0 Å². The number of likely N-dealkylation sites (tertiary alicyclic amines) is 1. The van der Waals surface area contributed by atoms with E-state index in [0.717, 1.165) is 51.7 Å². The summed E-state index contributed by atoms with van der Waals surface area (Å²) in [5.74, 6) is 0.699. The van der Waals surface area contributed by atoms with Gasteiger partial charge in [0, 0.05) is 19.6 Å². The van der Waals surface area contributed by atoms with E-state index in [0.29, 0.717) is 5.92 Å². The lowest BCUT2D eigenvalue weighted by molar-refractivity contribution is 0.170. The van der Waals surface area contributed by atoms with Crippen LogP contribution in [0.3, 0.4) is 0 Å². The van der Waals surface area contributed by atoms with Gasteiger partial charge >= 0.3 is 6.03 Å². The van der Waals surface area contributed by atoms with Crippen LogP contribution in [-0.2, 0) is 12.8 Å². The minimum atomic E-state index is 0.103. The Balaban J connectivity index is 1.33. The molecule has 3 rings (SSSR count).